The Morgan fingerprint density at radius 1 is 1.14 bits per heavy atom. The Labute approximate surface area is 170 Å². The van der Waals surface area contributed by atoms with Crippen molar-refractivity contribution >= 4 is 32.6 Å². The maximum absolute atomic E-state index is 12.4. The van der Waals surface area contributed by atoms with Crippen LogP contribution in [0, 0.1) is 6.92 Å². The minimum Gasteiger partial charge on any atom is -0.459 e. The van der Waals surface area contributed by atoms with Crippen molar-refractivity contribution in [3.63, 3.8) is 0 Å². The van der Waals surface area contributed by atoms with Gasteiger partial charge >= 0.3 is 0 Å². The van der Waals surface area contributed by atoms with Gasteiger partial charge in [-0.3, -0.25) is 10.1 Å². The molecule has 154 valence electrons. The molecule has 29 heavy (non-hydrogen) atoms. The molecule has 0 bridgehead atoms. The number of fused-ring (bicyclic) bond motifs is 1. The molecular weight excluding hydrogens is 390 g/mol. The monoisotopic (exact) mass is 415 g/mol. The first-order valence-electron chi connectivity index (χ1n) is 9.23. The van der Waals surface area contributed by atoms with Crippen molar-refractivity contribution in [1.29, 1.82) is 0 Å². The van der Waals surface area contributed by atoms with E-state index >= 15 is 0 Å². The van der Waals surface area contributed by atoms with Crippen molar-refractivity contribution in [1.82, 2.24) is 9.62 Å². The second-order valence-electron chi connectivity index (χ2n) is 7.11. The van der Waals surface area contributed by atoms with Crippen LogP contribution in [0.5, 0.6) is 0 Å². The lowest BCUT2D eigenvalue weighted by Gasteiger charge is -2.15. The number of nitrogens with zero attached hydrogens (tertiary/aromatic N) is 1. The second kappa shape index (κ2) is 8.36. The molecule has 0 saturated heterocycles. The van der Waals surface area contributed by atoms with E-state index in [-0.39, 0.29) is 23.4 Å². The van der Waals surface area contributed by atoms with E-state index in [0.717, 1.165) is 21.0 Å². The molecule has 0 aliphatic carbocycles. The molecule has 1 unspecified atom stereocenters. The first-order valence-corrected chi connectivity index (χ1v) is 10.7. The molecule has 1 heterocycles. The molecule has 8 heteroatoms. The average Bonchev–Trinajstić information content (AvgIpc) is 3.11. The summed E-state index contributed by atoms with van der Waals surface area (Å²) in [5, 5.41) is 6.87. The Kier molecular flexibility index (Phi) is 6.07. The van der Waals surface area contributed by atoms with E-state index in [4.69, 9.17) is 4.42 Å². The summed E-state index contributed by atoms with van der Waals surface area (Å²) in [5.74, 6) is 0.471. The summed E-state index contributed by atoms with van der Waals surface area (Å²) in [6.07, 6.45) is 0. The van der Waals surface area contributed by atoms with Gasteiger partial charge in [-0.1, -0.05) is 24.3 Å². The third-order valence-corrected chi connectivity index (χ3v) is 6.63. The molecule has 2 aromatic carbocycles. The predicted molar refractivity (Wildman–Crippen MR) is 113 cm³/mol. The van der Waals surface area contributed by atoms with Gasteiger partial charge in [-0.25, -0.2) is 12.7 Å². The summed E-state index contributed by atoms with van der Waals surface area (Å²) in [4.78, 5) is 12.5. The summed E-state index contributed by atoms with van der Waals surface area (Å²) in [6, 6.07) is 14.4. The van der Waals surface area contributed by atoms with E-state index in [0.29, 0.717) is 11.3 Å². The molecule has 0 fully saturated rings. The van der Waals surface area contributed by atoms with Crippen LogP contribution in [0.4, 0.5) is 5.69 Å². The van der Waals surface area contributed by atoms with Crippen LogP contribution in [0.3, 0.4) is 0 Å². The van der Waals surface area contributed by atoms with Crippen molar-refractivity contribution < 1.29 is 17.6 Å². The smallest absolute Gasteiger partial charge is 0.242 e. The topological polar surface area (TPSA) is 91.6 Å². The highest BCUT2D eigenvalue weighted by Crippen LogP contribution is 2.24. The fraction of sp³-hybridized carbons (Fsp3) is 0.286. The largest absolute Gasteiger partial charge is 0.459 e. The normalized spacial score (nSPS) is 13.0. The van der Waals surface area contributed by atoms with Crippen LogP contribution in [0.1, 0.15) is 24.3 Å². The number of furan rings is 1. The first-order chi connectivity index (χ1) is 13.7. The van der Waals surface area contributed by atoms with Crippen molar-refractivity contribution in [2.24, 2.45) is 0 Å². The number of sulfonamides is 1. The third-order valence-electron chi connectivity index (χ3n) is 4.67. The molecule has 1 amide bonds. The number of anilines is 1. The van der Waals surface area contributed by atoms with Crippen molar-refractivity contribution in [3.8, 4) is 0 Å². The number of para-hydroxylation sites is 1. The van der Waals surface area contributed by atoms with Gasteiger partial charge in [0.15, 0.2) is 0 Å². The minimum absolute atomic E-state index is 0.0574. The Bertz CT molecular complexity index is 1100. The maximum Gasteiger partial charge on any atom is 0.242 e. The highest BCUT2D eigenvalue weighted by Gasteiger charge is 2.20. The van der Waals surface area contributed by atoms with Crippen LogP contribution >= 0.6 is 0 Å². The summed E-state index contributed by atoms with van der Waals surface area (Å²) in [5.41, 5.74) is 1.85. The number of aryl methyl sites for hydroxylation is 1. The van der Waals surface area contributed by atoms with Crippen LogP contribution in [0.25, 0.3) is 11.0 Å². The van der Waals surface area contributed by atoms with Crippen molar-refractivity contribution in [2.45, 2.75) is 24.8 Å². The summed E-state index contributed by atoms with van der Waals surface area (Å²) < 4.78 is 31.8. The van der Waals surface area contributed by atoms with E-state index < -0.39 is 10.0 Å². The number of hydrogen-bond donors (Lipinski definition) is 2. The van der Waals surface area contributed by atoms with Crippen LogP contribution in [0.15, 0.2) is 57.8 Å². The maximum atomic E-state index is 12.4. The molecule has 0 aliphatic rings. The lowest BCUT2D eigenvalue weighted by Crippen LogP contribution is -2.30. The fourth-order valence-corrected chi connectivity index (χ4v) is 4.06. The quantitative estimate of drug-likeness (QED) is 0.618. The molecule has 2 N–H and O–H groups in total. The number of carbonyl (C=O) groups is 1. The Balaban J connectivity index is 1.65. The predicted octanol–water partition coefficient (Wildman–Crippen LogP) is 3.28. The van der Waals surface area contributed by atoms with Gasteiger partial charge in [0, 0.05) is 25.2 Å². The molecule has 0 radical (unpaired) electrons. The summed E-state index contributed by atoms with van der Waals surface area (Å²) in [6.45, 7) is 3.69. The van der Waals surface area contributed by atoms with Crippen LogP contribution in [-0.2, 0) is 14.8 Å². The van der Waals surface area contributed by atoms with Crippen LogP contribution in [-0.4, -0.2) is 39.3 Å². The van der Waals surface area contributed by atoms with Gasteiger partial charge in [0.25, 0.3) is 0 Å². The Morgan fingerprint density at radius 3 is 2.55 bits per heavy atom. The molecular formula is C21H25N3O4S. The van der Waals surface area contributed by atoms with E-state index in [9.17, 15) is 13.2 Å². The molecule has 1 aromatic heterocycles. The Morgan fingerprint density at radius 2 is 1.86 bits per heavy atom. The van der Waals surface area contributed by atoms with Gasteiger partial charge in [0.2, 0.25) is 15.9 Å². The number of hydrogen-bond acceptors (Lipinski definition) is 5. The van der Waals surface area contributed by atoms with Crippen molar-refractivity contribution in [3.05, 3.63) is 59.9 Å². The zero-order chi connectivity index (χ0) is 21.2. The van der Waals surface area contributed by atoms with Gasteiger partial charge in [-0.05, 0) is 43.7 Å². The zero-order valence-electron chi connectivity index (χ0n) is 16.9. The van der Waals surface area contributed by atoms with Gasteiger partial charge in [0.1, 0.15) is 11.3 Å². The van der Waals surface area contributed by atoms with E-state index in [1.807, 2.05) is 37.3 Å². The summed E-state index contributed by atoms with van der Waals surface area (Å²) in [7, 11) is -0.635. The number of rotatable bonds is 7. The van der Waals surface area contributed by atoms with Crippen molar-refractivity contribution in [2.75, 3.05) is 26.0 Å². The molecule has 0 saturated carbocycles. The lowest BCUT2D eigenvalue weighted by atomic mass is 10.2. The fourth-order valence-electron chi connectivity index (χ4n) is 2.92. The SMILES string of the molecule is Cc1ccc(NC(=O)CNC(C)c2cc3ccccc3o2)cc1S(=O)(=O)N(C)C. The number of benzene rings is 2. The molecule has 7 nitrogen and oxygen atoms in total. The molecule has 3 rings (SSSR count). The molecule has 3 aromatic rings. The van der Waals surface area contributed by atoms with Gasteiger partial charge in [-0.15, -0.1) is 0 Å². The van der Waals surface area contributed by atoms with E-state index in [1.54, 1.807) is 19.1 Å². The van der Waals surface area contributed by atoms with Gasteiger partial charge in [0.05, 0.1) is 17.5 Å². The third kappa shape index (κ3) is 4.67. The highest BCUT2D eigenvalue weighted by atomic mass is 32.2. The first kappa shape index (κ1) is 21.0. The molecule has 1 atom stereocenters. The van der Waals surface area contributed by atoms with Crippen LogP contribution < -0.4 is 10.6 Å². The second-order valence-corrected chi connectivity index (χ2v) is 9.23. The number of carbonyl (C=O) groups excluding carboxylic acids is 1. The summed E-state index contributed by atoms with van der Waals surface area (Å²) >= 11 is 0. The molecule has 0 spiro atoms. The lowest BCUT2D eigenvalue weighted by molar-refractivity contribution is -0.115. The van der Waals surface area contributed by atoms with E-state index in [2.05, 4.69) is 10.6 Å². The molecule has 0 aliphatic heterocycles. The van der Waals surface area contributed by atoms with E-state index in [1.165, 1.54) is 20.2 Å². The van der Waals surface area contributed by atoms with Gasteiger partial charge in [-0.2, -0.15) is 0 Å². The average molecular weight is 416 g/mol. The zero-order valence-corrected chi connectivity index (χ0v) is 17.7. The highest BCUT2D eigenvalue weighted by molar-refractivity contribution is 7.89. The Hall–Kier alpha value is -2.68. The minimum atomic E-state index is -3.59. The standard InChI is InChI=1S/C21H25N3O4S/c1-14-9-10-17(12-20(14)29(26,27)24(3)4)23-21(25)13-22-15(2)19-11-16-7-5-6-8-18(16)28-19/h5-12,15,22H,13H2,1-4H3,(H,23,25). The van der Waals surface area contributed by atoms with Gasteiger partial charge < -0.3 is 9.73 Å². The number of nitrogens with one attached hydrogen (secondary N) is 2. The number of amides is 1. The van der Waals surface area contributed by atoms with Crippen LogP contribution in [0.2, 0.25) is 0 Å².